The molecule has 3 aromatic carbocycles. The van der Waals surface area contributed by atoms with Gasteiger partial charge in [0.25, 0.3) is 0 Å². The first-order chi connectivity index (χ1) is 14.4. The molecule has 5 nitrogen and oxygen atoms in total. The Morgan fingerprint density at radius 1 is 1.03 bits per heavy atom. The minimum atomic E-state index is -1.49. The van der Waals surface area contributed by atoms with Gasteiger partial charge in [-0.15, -0.1) is 0 Å². The quantitative estimate of drug-likeness (QED) is 0.593. The number of carbonyl (C=O) groups is 2. The summed E-state index contributed by atoms with van der Waals surface area (Å²) in [6.45, 7) is 0.0378. The van der Waals surface area contributed by atoms with Gasteiger partial charge in [-0.1, -0.05) is 60.1 Å². The Balaban J connectivity index is 1.50. The highest BCUT2D eigenvalue weighted by Gasteiger charge is 2.30. The molecule has 30 heavy (non-hydrogen) atoms. The lowest BCUT2D eigenvalue weighted by atomic mass is 9.98. The zero-order valence-electron chi connectivity index (χ0n) is 15.6. The Morgan fingerprint density at radius 2 is 1.63 bits per heavy atom. The highest BCUT2D eigenvalue weighted by molar-refractivity contribution is 6.30. The molecule has 0 spiro atoms. The highest BCUT2D eigenvalue weighted by atomic mass is 35.5. The standard InChI is InChI=1S/C23H17ClFNO4/c24-14-9-13(10-15(25)11-14)21(22(27)28)26-23(29)30-12-20-18-7-3-1-5-16(18)17-6-2-4-8-19(17)20/h1-11,20-21H,12H2,(H,26,29)(H,27,28). The van der Waals surface area contributed by atoms with E-state index in [-0.39, 0.29) is 23.1 Å². The molecule has 7 heteroatoms. The summed E-state index contributed by atoms with van der Waals surface area (Å²) in [6, 6.07) is 17.6. The average molecular weight is 426 g/mol. The minimum absolute atomic E-state index is 0.0148. The summed E-state index contributed by atoms with van der Waals surface area (Å²) >= 11 is 5.80. The van der Waals surface area contributed by atoms with Crippen LogP contribution in [-0.2, 0) is 9.53 Å². The van der Waals surface area contributed by atoms with Gasteiger partial charge in [-0.3, -0.25) is 0 Å². The number of hydrogen-bond acceptors (Lipinski definition) is 3. The number of fused-ring (bicyclic) bond motifs is 3. The van der Waals surface area contributed by atoms with Crippen molar-refractivity contribution < 1.29 is 23.8 Å². The molecule has 0 bridgehead atoms. The van der Waals surface area contributed by atoms with Crippen molar-refractivity contribution >= 4 is 23.7 Å². The van der Waals surface area contributed by atoms with Crippen LogP contribution >= 0.6 is 11.6 Å². The van der Waals surface area contributed by atoms with Crippen molar-refractivity contribution in [2.24, 2.45) is 0 Å². The maximum absolute atomic E-state index is 13.6. The molecule has 1 unspecified atom stereocenters. The third kappa shape index (κ3) is 3.86. The number of carbonyl (C=O) groups excluding carboxylic acids is 1. The van der Waals surface area contributed by atoms with Crippen LogP contribution in [0, 0.1) is 5.82 Å². The number of amides is 1. The van der Waals surface area contributed by atoms with E-state index in [0.29, 0.717) is 0 Å². The van der Waals surface area contributed by atoms with Crippen LogP contribution in [0.2, 0.25) is 5.02 Å². The van der Waals surface area contributed by atoms with Crippen molar-refractivity contribution in [2.75, 3.05) is 6.61 Å². The summed E-state index contributed by atoms with van der Waals surface area (Å²) < 4.78 is 19.0. The number of nitrogens with one attached hydrogen (secondary N) is 1. The molecule has 152 valence electrons. The van der Waals surface area contributed by atoms with E-state index in [1.807, 2.05) is 48.5 Å². The Kier molecular flexibility index (Phi) is 5.42. The van der Waals surface area contributed by atoms with Crippen LogP contribution in [0.4, 0.5) is 9.18 Å². The number of aliphatic carboxylic acids is 1. The van der Waals surface area contributed by atoms with Crippen LogP contribution in [0.15, 0.2) is 66.7 Å². The molecule has 1 atom stereocenters. The predicted octanol–water partition coefficient (Wildman–Crippen LogP) is 5.14. The summed E-state index contributed by atoms with van der Waals surface area (Å²) in [7, 11) is 0. The van der Waals surface area contributed by atoms with Gasteiger partial charge in [-0.25, -0.2) is 14.0 Å². The summed E-state index contributed by atoms with van der Waals surface area (Å²) in [5, 5.41) is 11.8. The average Bonchev–Trinajstić information content (AvgIpc) is 3.03. The predicted molar refractivity (Wildman–Crippen MR) is 110 cm³/mol. The molecule has 0 fully saturated rings. The largest absolute Gasteiger partial charge is 0.479 e. The van der Waals surface area contributed by atoms with Crippen LogP contribution in [0.25, 0.3) is 11.1 Å². The fraction of sp³-hybridized carbons (Fsp3) is 0.130. The second kappa shape index (κ2) is 8.16. The molecule has 0 saturated heterocycles. The van der Waals surface area contributed by atoms with Crippen LogP contribution in [0.5, 0.6) is 0 Å². The molecule has 1 aliphatic rings. The lowest BCUT2D eigenvalue weighted by Gasteiger charge is -2.18. The molecule has 0 heterocycles. The lowest BCUT2D eigenvalue weighted by molar-refractivity contribution is -0.139. The van der Waals surface area contributed by atoms with Crippen molar-refractivity contribution in [2.45, 2.75) is 12.0 Å². The number of halogens is 2. The number of hydrogen-bond donors (Lipinski definition) is 2. The zero-order valence-corrected chi connectivity index (χ0v) is 16.4. The van der Waals surface area contributed by atoms with Gasteiger partial charge in [0.15, 0.2) is 6.04 Å². The van der Waals surface area contributed by atoms with Crippen molar-refractivity contribution in [3.8, 4) is 11.1 Å². The van der Waals surface area contributed by atoms with E-state index in [1.165, 1.54) is 6.07 Å². The second-order valence-electron chi connectivity index (χ2n) is 6.94. The zero-order chi connectivity index (χ0) is 21.3. The molecule has 3 aromatic rings. The van der Waals surface area contributed by atoms with Gasteiger partial charge < -0.3 is 15.2 Å². The van der Waals surface area contributed by atoms with Crippen LogP contribution in [0.1, 0.15) is 28.7 Å². The van der Waals surface area contributed by atoms with Crippen molar-refractivity contribution in [1.29, 1.82) is 0 Å². The Bertz CT molecular complexity index is 1070. The Labute approximate surface area is 177 Å². The first-order valence-corrected chi connectivity index (χ1v) is 9.62. The highest BCUT2D eigenvalue weighted by Crippen LogP contribution is 2.44. The van der Waals surface area contributed by atoms with E-state index in [4.69, 9.17) is 16.3 Å². The van der Waals surface area contributed by atoms with Gasteiger partial charge in [0, 0.05) is 10.9 Å². The van der Waals surface area contributed by atoms with Crippen LogP contribution in [0.3, 0.4) is 0 Å². The Hall–Kier alpha value is -3.38. The van der Waals surface area contributed by atoms with Gasteiger partial charge in [-0.05, 0) is 46.0 Å². The Morgan fingerprint density at radius 3 is 2.20 bits per heavy atom. The van der Waals surface area contributed by atoms with E-state index in [9.17, 15) is 19.1 Å². The fourth-order valence-corrected chi connectivity index (χ4v) is 4.02. The smallest absolute Gasteiger partial charge is 0.408 e. The van der Waals surface area contributed by atoms with E-state index in [0.717, 1.165) is 34.4 Å². The number of alkyl carbamates (subject to hydrolysis) is 1. The summed E-state index contributed by atoms with van der Waals surface area (Å²) in [5.41, 5.74) is 4.26. The number of carboxylic acids is 1. The molecule has 0 radical (unpaired) electrons. The number of benzene rings is 3. The monoisotopic (exact) mass is 425 g/mol. The van der Waals surface area contributed by atoms with E-state index >= 15 is 0 Å². The maximum atomic E-state index is 13.6. The third-order valence-corrected chi connectivity index (χ3v) is 5.29. The third-order valence-electron chi connectivity index (χ3n) is 5.07. The van der Waals surface area contributed by atoms with E-state index < -0.39 is 23.9 Å². The lowest BCUT2D eigenvalue weighted by Crippen LogP contribution is -2.35. The molecule has 1 aliphatic carbocycles. The maximum Gasteiger partial charge on any atom is 0.408 e. The number of carboxylic acid groups (broad SMARTS) is 1. The first kappa shape index (κ1) is 19.9. The fourth-order valence-electron chi connectivity index (χ4n) is 3.79. The topological polar surface area (TPSA) is 75.6 Å². The molecule has 0 saturated carbocycles. The van der Waals surface area contributed by atoms with E-state index in [2.05, 4.69) is 5.32 Å². The molecule has 1 amide bonds. The number of ether oxygens (including phenoxy) is 1. The van der Waals surface area contributed by atoms with Crippen LogP contribution < -0.4 is 5.32 Å². The summed E-state index contributed by atoms with van der Waals surface area (Å²) in [4.78, 5) is 24.0. The summed E-state index contributed by atoms with van der Waals surface area (Å²) in [6.07, 6.45) is -0.912. The SMILES string of the molecule is O=C(NC(C(=O)O)c1cc(F)cc(Cl)c1)OCC1c2ccccc2-c2ccccc21. The van der Waals surface area contributed by atoms with Crippen LogP contribution in [-0.4, -0.2) is 23.8 Å². The minimum Gasteiger partial charge on any atom is -0.479 e. The van der Waals surface area contributed by atoms with Gasteiger partial charge in [0.1, 0.15) is 12.4 Å². The van der Waals surface area contributed by atoms with Crippen molar-refractivity contribution in [3.05, 3.63) is 94.3 Å². The molecular formula is C23H17ClFNO4. The summed E-state index contributed by atoms with van der Waals surface area (Å²) in [5.74, 6) is -2.21. The molecule has 0 aromatic heterocycles. The molecule has 0 aliphatic heterocycles. The van der Waals surface area contributed by atoms with E-state index in [1.54, 1.807) is 0 Å². The van der Waals surface area contributed by atoms with Gasteiger partial charge in [0.05, 0.1) is 0 Å². The van der Waals surface area contributed by atoms with Crippen molar-refractivity contribution in [3.63, 3.8) is 0 Å². The van der Waals surface area contributed by atoms with Gasteiger partial charge >= 0.3 is 12.1 Å². The van der Waals surface area contributed by atoms with Gasteiger partial charge in [0.2, 0.25) is 0 Å². The first-order valence-electron chi connectivity index (χ1n) is 9.24. The second-order valence-corrected chi connectivity index (χ2v) is 7.38. The van der Waals surface area contributed by atoms with Crippen molar-refractivity contribution in [1.82, 2.24) is 5.32 Å². The number of rotatable bonds is 5. The normalized spacial score (nSPS) is 13.3. The van der Waals surface area contributed by atoms with Gasteiger partial charge in [-0.2, -0.15) is 0 Å². The molecule has 2 N–H and O–H groups in total. The molecule has 4 rings (SSSR count). The molecular weight excluding hydrogens is 409 g/mol.